The Bertz CT molecular complexity index is 869. The Hall–Kier alpha value is -1.65. The molecule has 4 unspecified atom stereocenters. The average Bonchev–Trinajstić information content (AvgIpc) is 2.65. The molecular formula is C23H25F5. The lowest BCUT2D eigenvalue weighted by atomic mass is 9.63. The fraction of sp³-hybridized carbons (Fsp3) is 0.565. The smallest absolute Gasteiger partial charge is 0.206 e. The Morgan fingerprint density at radius 1 is 0.929 bits per heavy atom. The zero-order chi connectivity index (χ0) is 20.1. The third-order valence-corrected chi connectivity index (χ3v) is 7.11. The molecule has 0 amide bonds. The van der Waals surface area contributed by atoms with Gasteiger partial charge in [-0.05, 0) is 72.8 Å². The van der Waals surface area contributed by atoms with E-state index in [-0.39, 0.29) is 10.8 Å². The van der Waals surface area contributed by atoms with Crippen LogP contribution < -0.4 is 0 Å². The summed E-state index contributed by atoms with van der Waals surface area (Å²) in [6.07, 6.45) is 3.30. The fourth-order valence-electron chi connectivity index (χ4n) is 5.52. The van der Waals surface area contributed by atoms with Crippen LogP contribution in [0.1, 0.15) is 68.9 Å². The Balaban J connectivity index is 1.61. The van der Waals surface area contributed by atoms with Crippen molar-refractivity contribution in [3.8, 4) is 0 Å². The summed E-state index contributed by atoms with van der Waals surface area (Å²) < 4.78 is 67.1. The Labute approximate surface area is 162 Å². The van der Waals surface area contributed by atoms with Crippen LogP contribution in [0.4, 0.5) is 22.0 Å². The molecule has 152 valence electrons. The van der Waals surface area contributed by atoms with Crippen LogP contribution in [0, 0.1) is 29.4 Å². The van der Waals surface area contributed by atoms with Gasteiger partial charge in [0, 0.05) is 5.39 Å². The van der Waals surface area contributed by atoms with Gasteiger partial charge < -0.3 is 0 Å². The van der Waals surface area contributed by atoms with E-state index in [2.05, 4.69) is 6.92 Å². The highest BCUT2D eigenvalue weighted by Crippen LogP contribution is 2.48. The lowest BCUT2D eigenvalue weighted by molar-refractivity contribution is -0.142. The summed E-state index contributed by atoms with van der Waals surface area (Å²) in [6, 6.07) is 5.62. The van der Waals surface area contributed by atoms with Gasteiger partial charge in [-0.3, -0.25) is 0 Å². The van der Waals surface area contributed by atoms with Crippen LogP contribution in [0.15, 0.2) is 24.3 Å². The molecule has 28 heavy (non-hydrogen) atoms. The monoisotopic (exact) mass is 396 g/mol. The highest BCUT2D eigenvalue weighted by atomic mass is 19.4. The average molecular weight is 396 g/mol. The summed E-state index contributed by atoms with van der Waals surface area (Å²) in [7, 11) is 0. The molecule has 2 aromatic carbocycles. The summed E-state index contributed by atoms with van der Waals surface area (Å²) in [5.41, 5.74) is -0.817. The van der Waals surface area contributed by atoms with Gasteiger partial charge in [0.1, 0.15) is 17.2 Å². The van der Waals surface area contributed by atoms with Crippen LogP contribution >= 0.6 is 0 Å². The molecule has 0 N–H and O–H groups in total. The summed E-state index contributed by atoms with van der Waals surface area (Å²) in [5.74, 6) is -0.436. The normalized spacial score (nSPS) is 28.4. The van der Waals surface area contributed by atoms with Crippen molar-refractivity contribution < 1.29 is 22.0 Å². The minimum Gasteiger partial charge on any atom is -0.206 e. The fourth-order valence-corrected chi connectivity index (χ4v) is 5.52. The van der Waals surface area contributed by atoms with Crippen LogP contribution in [0.25, 0.3) is 10.8 Å². The van der Waals surface area contributed by atoms with E-state index in [9.17, 15) is 22.0 Å². The molecule has 2 aliphatic rings. The van der Waals surface area contributed by atoms with Gasteiger partial charge >= 0.3 is 6.18 Å². The second kappa shape index (κ2) is 7.31. The molecule has 0 spiro atoms. The van der Waals surface area contributed by atoms with E-state index in [1.54, 1.807) is 12.1 Å². The molecule has 4 atom stereocenters. The second-order valence-corrected chi connectivity index (χ2v) is 8.64. The van der Waals surface area contributed by atoms with Crippen molar-refractivity contribution in [2.24, 2.45) is 17.8 Å². The van der Waals surface area contributed by atoms with E-state index in [1.165, 1.54) is 38.2 Å². The predicted octanol–water partition coefficient (Wildman–Crippen LogP) is 7.85. The molecule has 5 heteroatoms. The maximum absolute atomic E-state index is 14.3. The number of alkyl halides is 3. The quantitative estimate of drug-likeness (QED) is 0.454. The molecule has 2 aliphatic carbocycles. The first-order valence-electron chi connectivity index (χ1n) is 10.3. The molecule has 0 aliphatic heterocycles. The van der Waals surface area contributed by atoms with E-state index in [4.69, 9.17) is 0 Å². The van der Waals surface area contributed by atoms with Crippen LogP contribution in [0.3, 0.4) is 0 Å². The van der Waals surface area contributed by atoms with Gasteiger partial charge in [0.2, 0.25) is 0 Å². The van der Waals surface area contributed by atoms with Crippen molar-refractivity contribution in [2.75, 3.05) is 0 Å². The molecule has 2 saturated carbocycles. The molecule has 0 radical (unpaired) electrons. The van der Waals surface area contributed by atoms with Gasteiger partial charge in [-0.15, -0.1) is 0 Å². The first kappa shape index (κ1) is 19.7. The molecule has 4 rings (SSSR count). The minimum atomic E-state index is -5.04. The van der Waals surface area contributed by atoms with Crippen LogP contribution in [-0.4, -0.2) is 0 Å². The minimum absolute atomic E-state index is 0.172. The van der Waals surface area contributed by atoms with E-state index in [1.807, 2.05) is 0 Å². The number of halogens is 5. The van der Waals surface area contributed by atoms with Gasteiger partial charge in [-0.2, -0.15) is 13.2 Å². The number of hydrogen-bond acceptors (Lipinski definition) is 0. The van der Waals surface area contributed by atoms with Gasteiger partial charge in [0.05, 0.1) is 0 Å². The van der Waals surface area contributed by atoms with Crippen molar-refractivity contribution in [3.05, 3.63) is 47.0 Å². The zero-order valence-corrected chi connectivity index (χ0v) is 16.0. The highest BCUT2D eigenvalue weighted by molar-refractivity contribution is 5.85. The first-order chi connectivity index (χ1) is 13.3. The third kappa shape index (κ3) is 3.53. The number of fused-ring (bicyclic) bond motifs is 2. The topological polar surface area (TPSA) is 0 Å². The third-order valence-electron chi connectivity index (χ3n) is 7.11. The molecule has 0 aromatic heterocycles. The SMILES string of the molecule is CCC1CCC2CC(c3ccc4c(F)c(C(F)(F)F)c(F)cc4c3)CCC2C1. The molecule has 0 nitrogen and oxygen atoms in total. The summed E-state index contributed by atoms with van der Waals surface area (Å²) >= 11 is 0. The highest BCUT2D eigenvalue weighted by Gasteiger charge is 2.39. The van der Waals surface area contributed by atoms with Gasteiger partial charge in [-0.1, -0.05) is 38.0 Å². The summed E-state index contributed by atoms with van der Waals surface area (Å²) in [6.45, 7) is 2.26. The summed E-state index contributed by atoms with van der Waals surface area (Å²) in [4.78, 5) is 0. The molecule has 0 saturated heterocycles. The lowest BCUT2D eigenvalue weighted by Crippen LogP contribution is -2.30. The van der Waals surface area contributed by atoms with Crippen LogP contribution in [0.2, 0.25) is 0 Å². The number of hydrogen-bond donors (Lipinski definition) is 0. The second-order valence-electron chi connectivity index (χ2n) is 8.64. The van der Waals surface area contributed by atoms with Crippen LogP contribution in [-0.2, 0) is 6.18 Å². The molecule has 0 heterocycles. The Morgan fingerprint density at radius 2 is 1.64 bits per heavy atom. The molecular weight excluding hydrogens is 371 g/mol. The van der Waals surface area contributed by atoms with Crippen LogP contribution in [0.5, 0.6) is 0 Å². The predicted molar refractivity (Wildman–Crippen MR) is 100 cm³/mol. The standard InChI is InChI=1S/C23H25F5/c1-2-13-3-4-15-10-16(6-5-14(15)9-13)17-7-8-19-18(11-17)12-20(24)21(22(19)25)23(26,27)28/h7-8,11-16H,2-6,9-10H2,1H3. The van der Waals surface area contributed by atoms with Gasteiger partial charge in [-0.25, -0.2) is 8.78 Å². The summed E-state index contributed by atoms with van der Waals surface area (Å²) in [5, 5.41) is 0.0342. The van der Waals surface area contributed by atoms with Crippen molar-refractivity contribution in [3.63, 3.8) is 0 Å². The molecule has 2 aromatic rings. The number of rotatable bonds is 2. The van der Waals surface area contributed by atoms with Crippen molar-refractivity contribution in [1.82, 2.24) is 0 Å². The van der Waals surface area contributed by atoms with E-state index in [0.29, 0.717) is 11.8 Å². The molecule has 0 bridgehead atoms. The van der Waals surface area contributed by atoms with E-state index >= 15 is 0 Å². The van der Waals surface area contributed by atoms with E-state index < -0.39 is 23.4 Å². The lowest BCUT2D eigenvalue weighted by Gasteiger charge is -2.42. The van der Waals surface area contributed by atoms with Crippen molar-refractivity contribution >= 4 is 10.8 Å². The first-order valence-corrected chi connectivity index (χ1v) is 10.3. The van der Waals surface area contributed by atoms with E-state index in [0.717, 1.165) is 36.3 Å². The largest absolute Gasteiger partial charge is 0.422 e. The van der Waals surface area contributed by atoms with Crippen molar-refractivity contribution in [1.29, 1.82) is 0 Å². The van der Waals surface area contributed by atoms with Crippen molar-refractivity contribution in [2.45, 2.75) is 64.0 Å². The maximum Gasteiger partial charge on any atom is 0.422 e. The molecule has 2 fully saturated rings. The van der Waals surface area contributed by atoms with Gasteiger partial charge in [0.15, 0.2) is 0 Å². The maximum atomic E-state index is 14.3. The Morgan fingerprint density at radius 3 is 2.36 bits per heavy atom. The van der Waals surface area contributed by atoms with Gasteiger partial charge in [0.25, 0.3) is 0 Å². The zero-order valence-electron chi connectivity index (χ0n) is 16.0. The Kier molecular flexibility index (Phi) is 5.13. The number of benzene rings is 2.